The summed E-state index contributed by atoms with van der Waals surface area (Å²) in [5.74, 6) is 1.13. The summed E-state index contributed by atoms with van der Waals surface area (Å²) in [5, 5.41) is 14.1. The molecule has 26 heavy (non-hydrogen) atoms. The largest absolute Gasteiger partial charge is 0.393 e. The summed E-state index contributed by atoms with van der Waals surface area (Å²) in [6.45, 7) is 3.22. The van der Waals surface area contributed by atoms with E-state index in [0.717, 1.165) is 56.1 Å². The quantitative estimate of drug-likeness (QED) is 0.886. The van der Waals surface area contributed by atoms with Crippen LogP contribution in [0.4, 0.5) is 5.95 Å². The first-order chi connectivity index (χ1) is 12.6. The van der Waals surface area contributed by atoms with Gasteiger partial charge in [-0.15, -0.1) is 0 Å². The second-order valence-electron chi connectivity index (χ2n) is 7.58. The van der Waals surface area contributed by atoms with Crippen LogP contribution in [0.15, 0.2) is 24.4 Å². The predicted octanol–water partition coefficient (Wildman–Crippen LogP) is 2.68. The van der Waals surface area contributed by atoms with Crippen molar-refractivity contribution in [1.82, 2.24) is 14.9 Å². The zero-order valence-corrected chi connectivity index (χ0v) is 15.2. The fraction of sp³-hybridized carbons (Fsp3) is 0.550. The molecule has 1 saturated carbocycles. The molecule has 1 aliphatic heterocycles. The van der Waals surface area contributed by atoms with E-state index in [0.29, 0.717) is 17.9 Å². The smallest absolute Gasteiger partial charge is 0.223 e. The summed E-state index contributed by atoms with van der Waals surface area (Å²) < 4.78 is 0. The molecule has 2 aliphatic rings. The maximum absolute atomic E-state index is 11.7. The molecule has 6 nitrogen and oxygen atoms in total. The van der Waals surface area contributed by atoms with Crippen LogP contribution in [0.3, 0.4) is 0 Å². The molecule has 1 aromatic heterocycles. The molecule has 1 unspecified atom stereocenters. The van der Waals surface area contributed by atoms with Crippen LogP contribution >= 0.6 is 0 Å². The average Bonchev–Trinajstić information content (AvgIpc) is 3.13. The molecule has 0 spiro atoms. The van der Waals surface area contributed by atoms with Crippen molar-refractivity contribution in [2.24, 2.45) is 0 Å². The lowest BCUT2D eigenvalue weighted by Crippen LogP contribution is -2.28. The summed E-state index contributed by atoms with van der Waals surface area (Å²) in [6, 6.07) is 6.54. The number of carbonyl (C=O) groups is 1. The average molecular weight is 354 g/mol. The number of fused-ring (bicyclic) bond motifs is 1. The molecule has 4 rings (SSSR count). The summed E-state index contributed by atoms with van der Waals surface area (Å²) in [7, 11) is 0. The zero-order valence-electron chi connectivity index (χ0n) is 15.2. The van der Waals surface area contributed by atoms with Gasteiger partial charge in [-0.3, -0.25) is 4.79 Å². The van der Waals surface area contributed by atoms with E-state index in [1.807, 2.05) is 23.2 Å². The van der Waals surface area contributed by atoms with Gasteiger partial charge in [-0.1, -0.05) is 18.2 Å². The number of hydrogen-bond acceptors (Lipinski definition) is 5. The molecule has 1 aliphatic carbocycles. The molecule has 1 saturated heterocycles. The molecule has 2 heterocycles. The first-order valence-electron chi connectivity index (χ1n) is 9.56. The van der Waals surface area contributed by atoms with E-state index in [2.05, 4.69) is 16.4 Å². The van der Waals surface area contributed by atoms with Crippen LogP contribution in [0.25, 0.3) is 10.9 Å². The van der Waals surface area contributed by atoms with Crippen molar-refractivity contribution in [3.63, 3.8) is 0 Å². The Morgan fingerprint density at radius 2 is 2.04 bits per heavy atom. The third-order valence-electron chi connectivity index (χ3n) is 5.75. The maximum atomic E-state index is 11.7. The van der Waals surface area contributed by atoms with Gasteiger partial charge in [-0.05, 0) is 37.7 Å². The van der Waals surface area contributed by atoms with Gasteiger partial charge in [0.25, 0.3) is 0 Å². The number of hydrogen-bond donors (Lipinski definition) is 2. The molecule has 1 atom stereocenters. The molecule has 2 N–H and O–H groups in total. The van der Waals surface area contributed by atoms with E-state index in [4.69, 9.17) is 4.98 Å². The van der Waals surface area contributed by atoms with Crippen molar-refractivity contribution in [1.29, 1.82) is 0 Å². The third-order valence-corrected chi connectivity index (χ3v) is 5.75. The number of amides is 1. The number of anilines is 1. The van der Waals surface area contributed by atoms with Gasteiger partial charge in [0.15, 0.2) is 0 Å². The van der Waals surface area contributed by atoms with Crippen molar-refractivity contribution in [2.45, 2.75) is 57.1 Å². The minimum atomic E-state index is -0.163. The van der Waals surface area contributed by atoms with Crippen molar-refractivity contribution < 1.29 is 9.90 Å². The zero-order chi connectivity index (χ0) is 18.1. The van der Waals surface area contributed by atoms with Crippen LogP contribution < -0.4 is 5.32 Å². The van der Waals surface area contributed by atoms with Gasteiger partial charge >= 0.3 is 0 Å². The number of likely N-dealkylation sites (tertiary alicyclic amines) is 1. The van der Waals surface area contributed by atoms with E-state index < -0.39 is 0 Å². The Kier molecular flexibility index (Phi) is 4.76. The molecule has 0 bridgehead atoms. The number of para-hydroxylation sites is 1. The molecule has 1 aromatic carbocycles. The van der Waals surface area contributed by atoms with Gasteiger partial charge in [0.2, 0.25) is 11.9 Å². The minimum absolute atomic E-state index is 0.143. The Balaban J connectivity index is 1.57. The van der Waals surface area contributed by atoms with Gasteiger partial charge in [0, 0.05) is 43.6 Å². The molecule has 138 valence electrons. The Morgan fingerprint density at radius 3 is 2.77 bits per heavy atom. The molecule has 2 aromatic rings. The highest BCUT2D eigenvalue weighted by molar-refractivity contribution is 5.83. The van der Waals surface area contributed by atoms with Crippen LogP contribution in [-0.2, 0) is 4.79 Å². The SMILES string of the molecule is CC(=O)N1CCC(c2cccc3cnc(NC4CCC(O)CC4)nc23)C1. The maximum Gasteiger partial charge on any atom is 0.223 e. The van der Waals surface area contributed by atoms with Crippen LogP contribution in [0.1, 0.15) is 50.5 Å². The number of aliphatic hydroxyl groups is 1. The van der Waals surface area contributed by atoms with Crippen molar-refractivity contribution in [2.75, 3.05) is 18.4 Å². The summed E-state index contributed by atoms with van der Waals surface area (Å²) in [4.78, 5) is 22.9. The van der Waals surface area contributed by atoms with Crippen LogP contribution in [0.5, 0.6) is 0 Å². The van der Waals surface area contributed by atoms with Gasteiger partial charge in [0.1, 0.15) is 0 Å². The first-order valence-corrected chi connectivity index (χ1v) is 9.56. The highest BCUT2D eigenvalue weighted by atomic mass is 16.3. The Hall–Kier alpha value is -2.21. The van der Waals surface area contributed by atoms with E-state index in [1.54, 1.807) is 6.92 Å². The van der Waals surface area contributed by atoms with Crippen LogP contribution in [0, 0.1) is 0 Å². The molecule has 1 amide bonds. The second-order valence-corrected chi connectivity index (χ2v) is 7.58. The molecule has 0 radical (unpaired) electrons. The normalized spacial score (nSPS) is 26.2. The summed E-state index contributed by atoms with van der Waals surface area (Å²) in [5.41, 5.74) is 2.19. The molecule has 2 fully saturated rings. The van der Waals surface area contributed by atoms with E-state index >= 15 is 0 Å². The van der Waals surface area contributed by atoms with Crippen LogP contribution in [-0.4, -0.2) is 51.1 Å². The standard InChI is InChI=1S/C20H26N4O2/c1-13(25)24-10-9-15(12-24)18-4-2-3-14-11-21-20(23-19(14)18)22-16-5-7-17(26)8-6-16/h2-4,11,15-17,26H,5-10,12H2,1H3,(H,21,22,23). The van der Waals surface area contributed by atoms with E-state index in [1.165, 1.54) is 5.56 Å². The van der Waals surface area contributed by atoms with Crippen LogP contribution in [0.2, 0.25) is 0 Å². The Bertz CT molecular complexity index is 801. The molecular formula is C20H26N4O2. The van der Waals surface area contributed by atoms with Gasteiger partial charge in [-0.2, -0.15) is 0 Å². The van der Waals surface area contributed by atoms with Gasteiger partial charge in [0.05, 0.1) is 11.6 Å². The minimum Gasteiger partial charge on any atom is -0.393 e. The summed E-state index contributed by atoms with van der Waals surface area (Å²) >= 11 is 0. The Labute approximate surface area is 153 Å². The molecular weight excluding hydrogens is 328 g/mol. The predicted molar refractivity (Wildman–Crippen MR) is 101 cm³/mol. The fourth-order valence-electron chi connectivity index (χ4n) is 4.18. The summed E-state index contributed by atoms with van der Waals surface area (Å²) in [6.07, 6.45) is 6.25. The van der Waals surface area contributed by atoms with Crippen molar-refractivity contribution >= 4 is 22.8 Å². The van der Waals surface area contributed by atoms with Crippen molar-refractivity contribution in [3.05, 3.63) is 30.0 Å². The highest BCUT2D eigenvalue weighted by Gasteiger charge is 2.27. The lowest BCUT2D eigenvalue weighted by atomic mass is 9.93. The number of rotatable bonds is 3. The number of aliphatic hydroxyl groups excluding tert-OH is 1. The third kappa shape index (κ3) is 3.51. The van der Waals surface area contributed by atoms with Gasteiger partial charge in [-0.25, -0.2) is 9.97 Å². The van der Waals surface area contributed by atoms with E-state index in [-0.39, 0.29) is 12.0 Å². The lowest BCUT2D eigenvalue weighted by molar-refractivity contribution is -0.127. The van der Waals surface area contributed by atoms with Gasteiger partial charge < -0.3 is 15.3 Å². The number of nitrogens with zero attached hydrogens (tertiary/aromatic N) is 3. The first kappa shape index (κ1) is 17.2. The lowest BCUT2D eigenvalue weighted by Gasteiger charge is -2.26. The number of carbonyl (C=O) groups excluding carboxylic acids is 1. The Morgan fingerprint density at radius 1 is 1.23 bits per heavy atom. The molecule has 6 heteroatoms. The highest BCUT2D eigenvalue weighted by Crippen LogP contribution is 2.32. The topological polar surface area (TPSA) is 78.4 Å². The second kappa shape index (κ2) is 7.19. The monoisotopic (exact) mass is 354 g/mol. The number of nitrogens with one attached hydrogen (secondary N) is 1. The van der Waals surface area contributed by atoms with E-state index in [9.17, 15) is 9.90 Å². The van der Waals surface area contributed by atoms with Crippen molar-refractivity contribution in [3.8, 4) is 0 Å². The number of benzene rings is 1. The fourth-order valence-corrected chi connectivity index (χ4v) is 4.18. The number of aromatic nitrogens is 2.